The molecule has 4 nitrogen and oxygen atoms in total. The van der Waals surface area contributed by atoms with Crippen molar-refractivity contribution >= 4 is 23.4 Å². The fourth-order valence-corrected chi connectivity index (χ4v) is 4.10. The van der Waals surface area contributed by atoms with Gasteiger partial charge >= 0.3 is 0 Å². The predicted octanol–water partition coefficient (Wildman–Crippen LogP) is 5.97. The summed E-state index contributed by atoms with van der Waals surface area (Å²) in [4.78, 5) is 28.7. The second kappa shape index (κ2) is 13.1. The Hall–Kier alpha value is -3.18. The molecule has 0 spiro atoms. The first kappa shape index (κ1) is 26.4. The third-order valence-corrected chi connectivity index (χ3v) is 6.47. The number of aryl methyl sites for hydroxylation is 1. The maximum Gasteiger partial charge on any atom is 0.243 e. The molecule has 0 aromatic heterocycles. The van der Waals surface area contributed by atoms with E-state index in [2.05, 4.69) is 5.32 Å². The monoisotopic (exact) mass is 494 g/mol. The van der Waals surface area contributed by atoms with Crippen LogP contribution in [-0.4, -0.2) is 28.8 Å². The Balaban J connectivity index is 1.91. The van der Waals surface area contributed by atoms with Crippen molar-refractivity contribution in [1.29, 1.82) is 0 Å². The predicted molar refractivity (Wildman–Crippen MR) is 139 cm³/mol. The van der Waals surface area contributed by atoms with Crippen molar-refractivity contribution in [3.63, 3.8) is 0 Å². The Morgan fingerprint density at radius 3 is 2.26 bits per heavy atom. The Labute approximate surface area is 212 Å². The van der Waals surface area contributed by atoms with Gasteiger partial charge in [0.05, 0.1) is 0 Å². The van der Waals surface area contributed by atoms with Gasteiger partial charge in [0.1, 0.15) is 11.9 Å². The summed E-state index contributed by atoms with van der Waals surface area (Å²) in [5.74, 6) is -0.702. The quantitative estimate of drug-likeness (QED) is 0.357. The van der Waals surface area contributed by atoms with Crippen LogP contribution < -0.4 is 5.32 Å². The van der Waals surface area contributed by atoms with Gasteiger partial charge in [-0.05, 0) is 54.7 Å². The van der Waals surface area contributed by atoms with Crippen LogP contribution in [0.5, 0.6) is 0 Å². The van der Waals surface area contributed by atoms with Crippen LogP contribution in [0.2, 0.25) is 5.02 Å². The van der Waals surface area contributed by atoms with Crippen LogP contribution in [0.3, 0.4) is 0 Å². The summed E-state index contributed by atoms with van der Waals surface area (Å²) < 4.78 is 13.5. The summed E-state index contributed by atoms with van der Waals surface area (Å²) in [6.45, 7) is 4.15. The molecule has 0 saturated heterocycles. The lowest BCUT2D eigenvalue weighted by Crippen LogP contribution is -2.52. The second-order valence-corrected chi connectivity index (χ2v) is 9.17. The fourth-order valence-electron chi connectivity index (χ4n) is 3.87. The zero-order valence-electron chi connectivity index (χ0n) is 20.2. The number of nitrogens with zero attached hydrogens (tertiary/aromatic N) is 1. The molecule has 0 unspecified atom stereocenters. The van der Waals surface area contributed by atoms with E-state index in [1.54, 1.807) is 23.1 Å². The normalized spacial score (nSPS) is 12.6. The number of carbonyl (C=O) groups is 2. The van der Waals surface area contributed by atoms with Crippen LogP contribution in [0.4, 0.5) is 4.39 Å². The van der Waals surface area contributed by atoms with Crippen LogP contribution in [0.15, 0.2) is 78.9 Å². The Bertz CT molecular complexity index is 1110. The number of amides is 2. The lowest BCUT2D eigenvalue weighted by atomic mass is 10.0. The highest BCUT2D eigenvalue weighted by Gasteiger charge is 2.30. The van der Waals surface area contributed by atoms with Crippen LogP contribution in [0.25, 0.3) is 0 Å². The molecule has 0 fully saturated rings. The Morgan fingerprint density at radius 1 is 0.943 bits per heavy atom. The summed E-state index contributed by atoms with van der Waals surface area (Å²) in [7, 11) is 0. The van der Waals surface area contributed by atoms with Crippen molar-refractivity contribution in [2.75, 3.05) is 0 Å². The molecule has 2 amide bonds. The standard InChI is InChI=1S/C29H32ClFN2O2/c1-3-21(2)32-29(35)27(19-22-9-5-4-6-10-22)33(20-23-13-16-25(31)17-14-23)28(34)18-15-24-11-7-8-12-26(24)30/h4-14,16-17,21,27H,3,15,18-20H2,1-2H3,(H,32,35)/t21-,27+/m1/s1. The molecular formula is C29H32ClFN2O2. The molecule has 0 radical (unpaired) electrons. The molecule has 0 aliphatic carbocycles. The van der Waals surface area contributed by atoms with Gasteiger partial charge < -0.3 is 10.2 Å². The maximum atomic E-state index is 13.6. The largest absolute Gasteiger partial charge is 0.352 e. The second-order valence-electron chi connectivity index (χ2n) is 8.76. The van der Waals surface area contributed by atoms with Gasteiger partial charge in [0.2, 0.25) is 11.8 Å². The van der Waals surface area contributed by atoms with E-state index in [0.717, 1.165) is 23.1 Å². The first-order chi connectivity index (χ1) is 16.9. The van der Waals surface area contributed by atoms with Gasteiger partial charge in [0.15, 0.2) is 0 Å². The Morgan fingerprint density at radius 2 is 1.60 bits per heavy atom. The zero-order chi connectivity index (χ0) is 25.2. The molecule has 0 bridgehead atoms. The van der Waals surface area contributed by atoms with E-state index in [9.17, 15) is 14.0 Å². The highest BCUT2D eigenvalue weighted by atomic mass is 35.5. The highest BCUT2D eigenvalue weighted by Crippen LogP contribution is 2.20. The number of nitrogens with one attached hydrogen (secondary N) is 1. The lowest BCUT2D eigenvalue weighted by Gasteiger charge is -2.32. The molecule has 35 heavy (non-hydrogen) atoms. The highest BCUT2D eigenvalue weighted by molar-refractivity contribution is 6.31. The van der Waals surface area contributed by atoms with E-state index < -0.39 is 6.04 Å². The fraction of sp³-hybridized carbons (Fsp3) is 0.310. The van der Waals surface area contributed by atoms with Gasteiger partial charge in [0.25, 0.3) is 0 Å². The Kier molecular flexibility index (Phi) is 9.86. The molecule has 6 heteroatoms. The van der Waals surface area contributed by atoms with Gasteiger partial charge in [-0.15, -0.1) is 0 Å². The van der Waals surface area contributed by atoms with E-state index >= 15 is 0 Å². The number of rotatable bonds is 11. The van der Waals surface area contributed by atoms with Crippen molar-refractivity contribution in [2.45, 2.75) is 58.2 Å². The van der Waals surface area contributed by atoms with Crippen molar-refractivity contribution in [3.05, 3.63) is 106 Å². The topological polar surface area (TPSA) is 49.4 Å². The van der Waals surface area contributed by atoms with Gasteiger partial charge in [-0.3, -0.25) is 9.59 Å². The van der Waals surface area contributed by atoms with E-state index in [1.165, 1.54) is 12.1 Å². The molecule has 0 aliphatic heterocycles. The van der Waals surface area contributed by atoms with Gasteiger partial charge in [-0.2, -0.15) is 0 Å². The summed E-state index contributed by atoms with van der Waals surface area (Å²) >= 11 is 6.30. The minimum absolute atomic E-state index is 0.0216. The molecule has 0 aliphatic rings. The molecule has 2 atom stereocenters. The smallest absolute Gasteiger partial charge is 0.243 e. The number of carbonyl (C=O) groups excluding carboxylic acids is 2. The SMILES string of the molecule is CC[C@@H](C)NC(=O)[C@H](Cc1ccccc1)N(Cc1ccc(F)cc1)C(=O)CCc1ccccc1Cl. The maximum absolute atomic E-state index is 13.6. The van der Waals surface area contributed by atoms with Crippen molar-refractivity contribution in [2.24, 2.45) is 0 Å². The molecule has 3 rings (SSSR count). The van der Waals surface area contributed by atoms with Gasteiger partial charge in [-0.25, -0.2) is 4.39 Å². The third-order valence-electron chi connectivity index (χ3n) is 6.10. The summed E-state index contributed by atoms with van der Waals surface area (Å²) in [5, 5.41) is 3.66. The van der Waals surface area contributed by atoms with Crippen LogP contribution >= 0.6 is 11.6 Å². The molecule has 1 N–H and O–H groups in total. The van der Waals surface area contributed by atoms with Gasteiger partial charge in [-0.1, -0.05) is 79.2 Å². The lowest BCUT2D eigenvalue weighted by molar-refractivity contribution is -0.141. The molecule has 0 heterocycles. The first-order valence-corrected chi connectivity index (χ1v) is 12.4. The van der Waals surface area contributed by atoms with Crippen molar-refractivity contribution in [3.8, 4) is 0 Å². The molecule has 0 saturated carbocycles. The van der Waals surface area contributed by atoms with E-state index in [-0.39, 0.29) is 36.6 Å². The van der Waals surface area contributed by atoms with E-state index in [4.69, 9.17) is 11.6 Å². The molecular weight excluding hydrogens is 463 g/mol. The molecule has 3 aromatic carbocycles. The van der Waals surface area contributed by atoms with E-state index in [1.807, 2.05) is 62.4 Å². The van der Waals surface area contributed by atoms with Crippen LogP contribution in [0.1, 0.15) is 43.4 Å². The zero-order valence-corrected chi connectivity index (χ0v) is 21.0. The van der Waals surface area contributed by atoms with Gasteiger partial charge in [0, 0.05) is 30.5 Å². The summed E-state index contributed by atoms with van der Waals surface area (Å²) in [6, 6.07) is 22.4. The van der Waals surface area contributed by atoms with Crippen LogP contribution in [-0.2, 0) is 29.0 Å². The van der Waals surface area contributed by atoms with Crippen LogP contribution in [0, 0.1) is 5.82 Å². The van der Waals surface area contributed by atoms with Crippen molar-refractivity contribution in [1.82, 2.24) is 10.2 Å². The molecule has 3 aromatic rings. The summed E-state index contributed by atoms with van der Waals surface area (Å²) in [6.07, 6.45) is 1.82. The number of hydrogen-bond donors (Lipinski definition) is 1. The number of halogens is 2. The first-order valence-electron chi connectivity index (χ1n) is 12.0. The van der Waals surface area contributed by atoms with E-state index in [0.29, 0.717) is 17.9 Å². The average Bonchev–Trinajstić information content (AvgIpc) is 2.87. The van der Waals surface area contributed by atoms with Crippen molar-refractivity contribution < 1.29 is 14.0 Å². The summed E-state index contributed by atoms with van der Waals surface area (Å²) in [5.41, 5.74) is 2.60. The third kappa shape index (κ3) is 7.93. The minimum atomic E-state index is -0.713. The number of hydrogen-bond acceptors (Lipinski definition) is 2. The number of benzene rings is 3. The average molecular weight is 495 g/mol. The molecule has 184 valence electrons. The minimum Gasteiger partial charge on any atom is -0.352 e.